The zero-order valence-electron chi connectivity index (χ0n) is 6.85. The maximum absolute atomic E-state index is 3.71. The third-order valence-corrected chi connectivity index (χ3v) is 1.33. The third-order valence-electron chi connectivity index (χ3n) is 1.33. The molecule has 0 aromatic heterocycles. The van der Waals surface area contributed by atoms with Gasteiger partial charge in [-0.25, -0.2) is 0 Å². The van der Waals surface area contributed by atoms with Crippen LogP contribution in [0.25, 0.3) is 0 Å². The van der Waals surface area contributed by atoms with Gasteiger partial charge >= 0.3 is 0 Å². The molecule has 0 bridgehead atoms. The van der Waals surface area contributed by atoms with Gasteiger partial charge in [0.05, 0.1) is 0 Å². The van der Waals surface area contributed by atoms with Gasteiger partial charge in [-0.1, -0.05) is 13.8 Å². The molecule has 0 amide bonds. The number of hydrogen-bond acceptors (Lipinski definition) is 2. The van der Waals surface area contributed by atoms with Crippen molar-refractivity contribution in [1.82, 2.24) is 5.32 Å². The number of aliphatic imine (C=N–C) groups is 1. The number of nitrogens with zero attached hydrogens (tertiary/aromatic N) is 1. The van der Waals surface area contributed by atoms with Crippen molar-refractivity contribution in [1.29, 1.82) is 0 Å². The van der Waals surface area contributed by atoms with E-state index in [0.717, 1.165) is 19.5 Å². The van der Waals surface area contributed by atoms with Crippen molar-refractivity contribution in [3.05, 3.63) is 11.8 Å². The van der Waals surface area contributed by atoms with Gasteiger partial charge in [-0.2, -0.15) is 0 Å². The van der Waals surface area contributed by atoms with Crippen molar-refractivity contribution in [3.63, 3.8) is 0 Å². The molecule has 0 aliphatic heterocycles. The fraction of sp³-hybridized carbons (Fsp3) is 0.625. The fourth-order valence-electron chi connectivity index (χ4n) is 0.677. The predicted octanol–water partition coefficient (Wildman–Crippen LogP) is 1.59. The van der Waals surface area contributed by atoms with Crippen molar-refractivity contribution in [2.24, 2.45) is 4.99 Å². The first kappa shape index (κ1) is 9.37. The Labute approximate surface area is 63.0 Å². The van der Waals surface area contributed by atoms with E-state index in [1.807, 2.05) is 6.20 Å². The zero-order chi connectivity index (χ0) is 7.82. The first-order chi connectivity index (χ1) is 4.85. The Morgan fingerprint density at radius 3 is 2.70 bits per heavy atom. The lowest BCUT2D eigenvalue weighted by Gasteiger charge is -2.02. The Morgan fingerprint density at radius 2 is 2.30 bits per heavy atom. The number of rotatable bonds is 5. The van der Waals surface area contributed by atoms with Crippen LogP contribution in [0, 0.1) is 0 Å². The van der Waals surface area contributed by atoms with Crippen molar-refractivity contribution in [2.75, 3.05) is 13.1 Å². The van der Waals surface area contributed by atoms with Crippen LogP contribution in [0.2, 0.25) is 0 Å². The molecule has 2 heteroatoms. The highest BCUT2D eigenvalue weighted by atomic mass is 14.8. The molecule has 0 spiro atoms. The fourth-order valence-corrected chi connectivity index (χ4v) is 0.677. The molecule has 0 fully saturated rings. The summed E-state index contributed by atoms with van der Waals surface area (Å²) in [6, 6.07) is 0. The Hall–Kier alpha value is -0.630. The monoisotopic (exact) mass is 140 g/mol. The normalized spacial score (nSPS) is 11.6. The summed E-state index contributed by atoms with van der Waals surface area (Å²) >= 11 is 0. The van der Waals surface area contributed by atoms with Gasteiger partial charge < -0.3 is 5.32 Å². The third kappa shape index (κ3) is 4.27. The molecule has 58 valence electrons. The Balaban J connectivity index is 3.59. The second-order valence-electron chi connectivity index (χ2n) is 2.10. The van der Waals surface area contributed by atoms with Crippen LogP contribution in [0.5, 0.6) is 0 Å². The second kappa shape index (κ2) is 6.49. The van der Waals surface area contributed by atoms with Gasteiger partial charge in [-0.15, -0.1) is 0 Å². The van der Waals surface area contributed by atoms with E-state index in [2.05, 4.69) is 30.9 Å². The highest BCUT2D eigenvalue weighted by molar-refractivity contribution is 5.26. The van der Waals surface area contributed by atoms with Crippen LogP contribution >= 0.6 is 0 Å². The topological polar surface area (TPSA) is 24.4 Å². The summed E-state index contributed by atoms with van der Waals surface area (Å²) in [5.74, 6) is 0. The van der Waals surface area contributed by atoms with Crippen LogP contribution in [-0.2, 0) is 0 Å². The SMILES string of the molecule is C=N/C=C(/CC)CNCC. The number of hydrogen-bond donors (Lipinski definition) is 1. The van der Waals surface area contributed by atoms with Crippen molar-refractivity contribution < 1.29 is 0 Å². The molecule has 0 rings (SSSR count). The van der Waals surface area contributed by atoms with Gasteiger partial charge in [-0.3, -0.25) is 4.99 Å². The molecule has 0 atom stereocenters. The summed E-state index contributed by atoms with van der Waals surface area (Å²) in [7, 11) is 0. The van der Waals surface area contributed by atoms with E-state index in [-0.39, 0.29) is 0 Å². The zero-order valence-corrected chi connectivity index (χ0v) is 6.85. The molecule has 0 heterocycles. The minimum Gasteiger partial charge on any atom is -0.313 e. The van der Waals surface area contributed by atoms with Crippen molar-refractivity contribution in [2.45, 2.75) is 20.3 Å². The highest BCUT2D eigenvalue weighted by Gasteiger charge is 1.89. The van der Waals surface area contributed by atoms with Crippen LogP contribution in [0.15, 0.2) is 16.8 Å². The lowest BCUT2D eigenvalue weighted by Crippen LogP contribution is -2.15. The molecule has 0 aromatic rings. The molecule has 0 saturated heterocycles. The van der Waals surface area contributed by atoms with Crippen LogP contribution in [0.3, 0.4) is 0 Å². The maximum Gasteiger partial charge on any atom is 0.0265 e. The molecule has 0 radical (unpaired) electrons. The largest absolute Gasteiger partial charge is 0.313 e. The molecular weight excluding hydrogens is 124 g/mol. The Kier molecular flexibility index (Phi) is 6.08. The molecule has 1 N–H and O–H groups in total. The van der Waals surface area contributed by atoms with Crippen molar-refractivity contribution >= 4 is 6.72 Å². The summed E-state index contributed by atoms with van der Waals surface area (Å²) in [4.78, 5) is 3.71. The van der Waals surface area contributed by atoms with E-state index >= 15 is 0 Å². The second-order valence-corrected chi connectivity index (χ2v) is 2.10. The minimum atomic E-state index is 0.937. The van der Waals surface area contributed by atoms with Gasteiger partial charge in [0.2, 0.25) is 0 Å². The molecule has 2 nitrogen and oxygen atoms in total. The van der Waals surface area contributed by atoms with E-state index in [1.165, 1.54) is 5.57 Å². The Bertz CT molecular complexity index is 116. The minimum absolute atomic E-state index is 0.937. The molecular formula is C8H16N2. The van der Waals surface area contributed by atoms with Crippen LogP contribution in [0.1, 0.15) is 20.3 Å². The van der Waals surface area contributed by atoms with Gasteiger partial charge in [0.25, 0.3) is 0 Å². The Morgan fingerprint density at radius 1 is 1.60 bits per heavy atom. The molecule has 0 aliphatic rings. The average Bonchev–Trinajstić information content (AvgIpc) is 1.98. The van der Waals surface area contributed by atoms with E-state index in [4.69, 9.17) is 0 Å². The quantitative estimate of drug-likeness (QED) is 0.576. The van der Waals surface area contributed by atoms with Gasteiger partial charge in [-0.05, 0) is 25.3 Å². The van der Waals surface area contributed by atoms with Crippen LogP contribution < -0.4 is 5.32 Å². The molecule has 0 saturated carbocycles. The lowest BCUT2D eigenvalue weighted by atomic mass is 10.2. The summed E-state index contributed by atoms with van der Waals surface area (Å²) in [6.07, 6.45) is 2.87. The molecule has 0 aromatic carbocycles. The summed E-state index contributed by atoms with van der Waals surface area (Å²) in [5.41, 5.74) is 1.30. The van der Waals surface area contributed by atoms with Gasteiger partial charge in [0, 0.05) is 12.7 Å². The smallest absolute Gasteiger partial charge is 0.0265 e. The average molecular weight is 140 g/mol. The number of nitrogens with one attached hydrogen (secondary N) is 1. The van der Waals surface area contributed by atoms with Gasteiger partial charge in [0.1, 0.15) is 0 Å². The van der Waals surface area contributed by atoms with Crippen LogP contribution in [0.4, 0.5) is 0 Å². The molecule has 0 unspecified atom stereocenters. The lowest BCUT2D eigenvalue weighted by molar-refractivity contribution is 0.757. The summed E-state index contributed by atoms with van der Waals surface area (Å²) < 4.78 is 0. The standard InChI is InChI=1S/C8H16N2/c1-4-8(6-9-3)7-10-5-2/h6,10H,3-5,7H2,1-2H3/b8-6-. The van der Waals surface area contributed by atoms with E-state index in [0.29, 0.717) is 0 Å². The maximum atomic E-state index is 3.71. The van der Waals surface area contributed by atoms with E-state index in [1.54, 1.807) is 0 Å². The first-order valence-electron chi connectivity index (χ1n) is 3.69. The first-order valence-corrected chi connectivity index (χ1v) is 3.69. The summed E-state index contributed by atoms with van der Waals surface area (Å²) in [6.45, 7) is 9.56. The van der Waals surface area contributed by atoms with E-state index in [9.17, 15) is 0 Å². The number of likely N-dealkylation sites (N-methyl/N-ethyl adjacent to an activating group) is 1. The van der Waals surface area contributed by atoms with Crippen LogP contribution in [-0.4, -0.2) is 19.8 Å². The predicted molar refractivity (Wildman–Crippen MR) is 46.5 cm³/mol. The highest BCUT2D eigenvalue weighted by Crippen LogP contribution is 1.97. The summed E-state index contributed by atoms with van der Waals surface area (Å²) in [5, 5.41) is 3.23. The van der Waals surface area contributed by atoms with Crippen molar-refractivity contribution in [3.8, 4) is 0 Å². The van der Waals surface area contributed by atoms with Gasteiger partial charge in [0.15, 0.2) is 0 Å². The van der Waals surface area contributed by atoms with E-state index < -0.39 is 0 Å². The molecule has 10 heavy (non-hydrogen) atoms. The molecule has 0 aliphatic carbocycles.